The van der Waals surface area contributed by atoms with E-state index in [1.807, 2.05) is 6.92 Å². The van der Waals surface area contributed by atoms with Crippen molar-refractivity contribution in [3.05, 3.63) is 18.4 Å². The predicted octanol–water partition coefficient (Wildman–Crippen LogP) is 1.68. The average molecular weight is 138 g/mol. The van der Waals surface area contributed by atoms with Crippen LogP contribution in [0.1, 0.15) is 19.1 Å². The first-order chi connectivity index (χ1) is 4.74. The number of hydrogen-bond donors (Lipinski definition) is 1. The number of rotatable bonds is 2. The fraction of sp³-hybridized carbons (Fsp3) is 0.286. The van der Waals surface area contributed by atoms with Gasteiger partial charge < -0.3 is 10.3 Å². The zero-order valence-corrected chi connectivity index (χ0v) is 5.92. The van der Waals surface area contributed by atoms with Gasteiger partial charge in [0, 0.05) is 6.07 Å². The van der Waals surface area contributed by atoms with Crippen LogP contribution in [0.25, 0.3) is 5.57 Å². The van der Waals surface area contributed by atoms with E-state index >= 15 is 0 Å². The lowest BCUT2D eigenvalue weighted by Crippen LogP contribution is -1.80. The van der Waals surface area contributed by atoms with Crippen molar-refractivity contribution in [2.45, 2.75) is 13.3 Å². The number of hydrogen-bond acceptors (Lipinski definition) is 3. The van der Waals surface area contributed by atoms with Gasteiger partial charge in [0.2, 0.25) is 0 Å². The first-order valence-electron chi connectivity index (χ1n) is 3.14. The molecule has 0 unspecified atom stereocenters. The minimum Gasteiger partial charge on any atom is -0.381 e. The van der Waals surface area contributed by atoms with E-state index in [-0.39, 0.29) is 0 Å². The van der Waals surface area contributed by atoms with E-state index in [4.69, 9.17) is 10.3 Å². The fourth-order valence-electron chi connectivity index (χ4n) is 0.630. The van der Waals surface area contributed by atoms with Gasteiger partial charge in [-0.15, -0.1) is 0 Å². The molecule has 0 fully saturated rings. The van der Waals surface area contributed by atoms with Gasteiger partial charge in [-0.2, -0.15) is 0 Å². The molecule has 1 heterocycles. The molecule has 0 spiro atoms. The molecule has 0 saturated heterocycles. The molecule has 10 heavy (non-hydrogen) atoms. The summed E-state index contributed by atoms with van der Waals surface area (Å²) in [6, 6.07) is 1.67. The average Bonchev–Trinajstić information content (AvgIpc) is 2.34. The molecule has 0 aliphatic rings. The van der Waals surface area contributed by atoms with Gasteiger partial charge in [-0.3, -0.25) is 0 Å². The largest absolute Gasteiger partial charge is 0.381 e. The third-order valence-corrected chi connectivity index (χ3v) is 1.30. The third-order valence-electron chi connectivity index (χ3n) is 1.30. The second kappa shape index (κ2) is 2.56. The van der Waals surface area contributed by atoms with Gasteiger partial charge in [0.25, 0.3) is 0 Å². The van der Waals surface area contributed by atoms with Gasteiger partial charge in [-0.25, -0.2) is 0 Å². The summed E-state index contributed by atoms with van der Waals surface area (Å²) in [4.78, 5) is 0. The van der Waals surface area contributed by atoms with Crippen molar-refractivity contribution in [2.24, 2.45) is 0 Å². The van der Waals surface area contributed by atoms with E-state index in [9.17, 15) is 0 Å². The van der Waals surface area contributed by atoms with Gasteiger partial charge >= 0.3 is 0 Å². The van der Waals surface area contributed by atoms with Crippen molar-refractivity contribution in [1.82, 2.24) is 5.16 Å². The standard InChI is InChI=1S/C7H10N2O/c1-3-5(2)6-4-7(8)9-10-6/h4H,2-3H2,1H3,(H2,8,9). The fourth-order valence-corrected chi connectivity index (χ4v) is 0.630. The summed E-state index contributed by atoms with van der Waals surface area (Å²) in [7, 11) is 0. The molecular weight excluding hydrogens is 128 g/mol. The van der Waals surface area contributed by atoms with Crippen LogP contribution in [0, 0.1) is 0 Å². The SMILES string of the molecule is C=C(CC)c1cc(N)no1. The molecule has 0 atom stereocenters. The van der Waals surface area contributed by atoms with Crippen molar-refractivity contribution in [1.29, 1.82) is 0 Å². The van der Waals surface area contributed by atoms with Crippen LogP contribution in [0.4, 0.5) is 5.82 Å². The number of anilines is 1. The number of nitrogens with two attached hydrogens (primary N) is 1. The zero-order valence-electron chi connectivity index (χ0n) is 5.92. The maximum atomic E-state index is 5.33. The van der Waals surface area contributed by atoms with E-state index < -0.39 is 0 Å². The first-order valence-corrected chi connectivity index (χ1v) is 3.14. The third kappa shape index (κ3) is 1.18. The van der Waals surface area contributed by atoms with Crippen molar-refractivity contribution in [3.8, 4) is 0 Å². The molecule has 1 rings (SSSR count). The molecule has 0 saturated carbocycles. The molecule has 0 radical (unpaired) electrons. The lowest BCUT2D eigenvalue weighted by atomic mass is 10.2. The maximum absolute atomic E-state index is 5.33. The Morgan fingerprint density at radius 1 is 1.90 bits per heavy atom. The van der Waals surface area contributed by atoms with Gasteiger partial charge in [-0.05, 0) is 12.0 Å². The highest BCUT2D eigenvalue weighted by Crippen LogP contribution is 2.16. The van der Waals surface area contributed by atoms with Crippen molar-refractivity contribution in [3.63, 3.8) is 0 Å². The van der Waals surface area contributed by atoms with Gasteiger partial charge in [0.1, 0.15) is 0 Å². The van der Waals surface area contributed by atoms with E-state index in [2.05, 4.69) is 11.7 Å². The quantitative estimate of drug-likeness (QED) is 0.676. The Balaban J connectivity index is 2.85. The van der Waals surface area contributed by atoms with E-state index in [1.165, 1.54) is 0 Å². The van der Waals surface area contributed by atoms with Crippen molar-refractivity contribution in [2.75, 3.05) is 5.73 Å². The van der Waals surface area contributed by atoms with Crippen LogP contribution in [-0.2, 0) is 0 Å². The van der Waals surface area contributed by atoms with Crippen LogP contribution in [0.2, 0.25) is 0 Å². The highest BCUT2D eigenvalue weighted by molar-refractivity contribution is 5.60. The summed E-state index contributed by atoms with van der Waals surface area (Å²) in [6.45, 7) is 5.77. The minimum atomic E-state index is 0.407. The van der Waals surface area contributed by atoms with Crippen LogP contribution < -0.4 is 5.73 Å². The van der Waals surface area contributed by atoms with Crippen LogP contribution >= 0.6 is 0 Å². The second-order valence-electron chi connectivity index (χ2n) is 2.07. The highest BCUT2D eigenvalue weighted by Gasteiger charge is 2.01. The predicted molar refractivity (Wildman–Crippen MR) is 40.2 cm³/mol. The first kappa shape index (κ1) is 6.86. The van der Waals surface area contributed by atoms with E-state index in [0.29, 0.717) is 11.6 Å². The second-order valence-corrected chi connectivity index (χ2v) is 2.07. The Morgan fingerprint density at radius 3 is 3.00 bits per heavy atom. The molecule has 0 aromatic carbocycles. The number of allylic oxidation sites excluding steroid dienone is 1. The number of aromatic nitrogens is 1. The molecule has 3 heteroatoms. The molecule has 0 bridgehead atoms. The topological polar surface area (TPSA) is 52.0 Å². The molecule has 1 aromatic heterocycles. The molecule has 0 amide bonds. The Kier molecular flexibility index (Phi) is 1.76. The van der Waals surface area contributed by atoms with Gasteiger partial charge in [0.15, 0.2) is 11.6 Å². The van der Waals surface area contributed by atoms with Gasteiger partial charge in [-0.1, -0.05) is 18.7 Å². The van der Waals surface area contributed by atoms with Crippen molar-refractivity contribution >= 4 is 11.4 Å². The van der Waals surface area contributed by atoms with Crippen LogP contribution in [0.5, 0.6) is 0 Å². The monoisotopic (exact) mass is 138 g/mol. The molecule has 3 nitrogen and oxygen atoms in total. The Bertz CT molecular complexity index is 240. The van der Waals surface area contributed by atoms with Crippen LogP contribution in [0.3, 0.4) is 0 Å². The maximum Gasteiger partial charge on any atom is 0.167 e. The van der Waals surface area contributed by atoms with Gasteiger partial charge in [0.05, 0.1) is 0 Å². The summed E-state index contributed by atoms with van der Waals surface area (Å²) in [6.07, 6.45) is 0.856. The Morgan fingerprint density at radius 2 is 2.60 bits per heavy atom. The molecule has 2 N–H and O–H groups in total. The highest BCUT2D eigenvalue weighted by atomic mass is 16.5. The Labute approximate surface area is 59.5 Å². The van der Waals surface area contributed by atoms with Crippen molar-refractivity contribution < 1.29 is 4.52 Å². The molecule has 0 aliphatic carbocycles. The summed E-state index contributed by atoms with van der Waals surface area (Å²) in [5.74, 6) is 1.09. The smallest absolute Gasteiger partial charge is 0.167 e. The van der Waals surface area contributed by atoms with E-state index in [0.717, 1.165) is 12.0 Å². The summed E-state index contributed by atoms with van der Waals surface area (Å²) < 4.78 is 4.84. The lowest BCUT2D eigenvalue weighted by Gasteiger charge is -1.90. The number of nitrogens with zero attached hydrogens (tertiary/aromatic N) is 1. The Hall–Kier alpha value is -1.25. The summed E-state index contributed by atoms with van der Waals surface area (Å²) in [5.41, 5.74) is 6.25. The zero-order chi connectivity index (χ0) is 7.56. The molecule has 1 aromatic rings. The number of nitrogen functional groups attached to an aromatic ring is 1. The molecular formula is C7H10N2O. The normalized spacial score (nSPS) is 9.70. The minimum absolute atomic E-state index is 0.407. The molecule has 0 aliphatic heterocycles. The van der Waals surface area contributed by atoms with Crippen LogP contribution in [-0.4, -0.2) is 5.16 Å². The summed E-state index contributed by atoms with van der Waals surface area (Å²) >= 11 is 0. The lowest BCUT2D eigenvalue weighted by molar-refractivity contribution is 0.412. The van der Waals surface area contributed by atoms with E-state index in [1.54, 1.807) is 6.07 Å². The summed E-state index contributed by atoms with van der Waals surface area (Å²) in [5, 5.41) is 3.53. The van der Waals surface area contributed by atoms with Crippen LogP contribution in [0.15, 0.2) is 17.2 Å². The molecule has 54 valence electrons.